The second-order valence-corrected chi connectivity index (χ2v) is 10.8. The van der Waals surface area contributed by atoms with E-state index in [0.29, 0.717) is 5.69 Å². The molecular formula is C22H20N4O3S3. The lowest BCUT2D eigenvalue weighted by Crippen LogP contribution is -2.26. The van der Waals surface area contributed by atoms with Crippen LogP contribution in [0.1, 0.15) is 5.56 Å². The van der Waals surface area contributed by atoms with E-state index in [1.54, 1.807) is 19.2 Å². The van der Waals surface area contributed by atoms with Crippen LogP contribution in [-0.2, 0) is 21.4 Å². The molecule has 2 heterocycles. The number of nitrogens with one attached hydrogen (secondary N) is 1. The maximum Gasteiger partial charge on any atom is 0.243 e. The molecule has 0 fully saturated rings. The van der Waals surface area contributed by atoms with Crippen LogP contribution in [0.3, 0.4) is 0 Å². The van der Waals surface area contributed by atoms with Crippen LogP contribution in [0.15, 0.2) is 82.3 Å². The van der Waals surface area contributed by atoms with Crippen molar-refractivity contribution >= 4 is 54.9 Å². The standard InChI is InChI=1S/C22H20N4O3S3/c1-26(13-16-5-3-2-4-6-16)32(28,29)18-9-7-17(8-10-18)25-20(27)14-31-22-21-19(11-12-30-21)23-15-24-22/h2-12,15H,13-14H2,1H3,(H,25,27). The molecule has 4 aromatic rings. The zero-order valence-electron chi connectivity index (χ0n) is 17.1. The fraction of sp³-hybridized carbons (Fsp3) is 0.136. The second kappa shape index (κ2) is 9.78. The Balaban J connectivity index is 1.36. The first-order valence-electron chi connectivity index (χ1n) is 9.65. The number of amides is 1. The van der Waals surface area contributed by atoms with Gasteiger partial charge in [-0.1, -0.05) is 42.1 Å². The van der Waals surface area contributed by atoms with E-state index in [9.17, 15) is 13.2 Å². The first-order valence-corrected chi connectivity index (χ1v) is 13.0. The fourth-order valence-corrected chi connectivity index (χ4v) is 5.92. The topological polar surface area (TPSA) is 92.3 Å². The minimum atomic E-state index is -3.64. The van der Waals surface area contributed by atoms with Gasteiger partial charge in [-0.3, -0.25) is 4.79 Å². The van der Waals surface area contributed by atoms with Gasteiger partial charge in [0, 0.05) is 19.3 Å². The quantitative estimate of drug-likeness (QED) is 0.297. The van der Waals surface area contributed by atoms with Gasteiger partial charge in [-0.05, 0) is 41.3 Å². The van der Waals surface area contributed by atoms with Gasteiger partial charge in [-0.15, -0.1) is 11.3 Å². The SMILES string of the molecule is CN(Cc1ccccc1)S(=O)(=O)c1ccc(NC(=O)CSc2ncnc3ccsc23)cc1. The monoisotopic (exact) mass is 484 g/mol. The lowest BCUT2D eigenvalue weighted by molar-refractivity contribution is -0.113. The van der Waals surface area contributed by atoms with Crippen LogP contribution in [-0.4, -0.2) is 41.4 Å². The van der Waals surface area contributed by atoms with Crippen molar-refractivity contribution in [3.8, 4) is 0 Å². The maximum absolute atomic E-state index is 12.8. The Morgan fingerprint density at radius 3 is 2.56 bits per heavy atom. The second-order valence-electron chi connectivity index (χ2n) is 6.92. The molecule has 0 aliphatic heterocycles. The molecule has 0 atom stereocenters. The average molecular weight is 485 g/mol. The highest BCUT2D eigenvalue weighted by molar-refractivity contribution is 8.00. The van der Waals surface area contributed by atoms with Crippen LogP contribution in [0.25, 0.3) is 10.2 Å². The minimum absolute atomic E-state index is 0.171. The molecule has 0 saturated carbocycles. The van der Waals surface area contributed by atoms with E-state index in [2.05, 4.69) is 15.3 Å². The van der Waals surface area contributed by atoms with Gasteiger partial charge in [0.2, 0.25) is 15.9 Å². The van der Waals surface area contributed by atoms with Crippen molar-refractivity contribution < 1.29 is 13.2 Å². The Morgan fingerprint density at radius 2 is 1.81 bits per heavy atom. The Bertz CT molecular complexity index is 1320. The number of carbonyl (C=O) groups is 1. The van der Waals surface area contributed by atoms with E-state index >= 15 is 0 Å². The van der Waals surface area contributed by atoms with Crippen LogP contribution < -0.4 is 5.32 Å². The summed E-state index contributed by atoms with van der Waals surface area (Å²) >= 11 is 2.88. The van der Waals surface area contributed by atoms with Crippen LogP contribution in [0.2, 0.25) is 0 Å². The molecule has 0 unspecified atom stereocenters. The van der Waals surface area contributed by atoms with Crippen molar-refractivity contribution in [1.29, 1.82) is 0 Å². The van der Waals surface area contributed by atoms with Crippen LogP contribution >= 0.6 is 23.1 Å². The van der Waals surface area contributed by atoms with Gasteiger partial charge < -0.3 is 5.32 Å². The van der Waals surface area contributed by atoms with E-state index in [1.807, 2.05) is 41.8 Å². The Labute approximate surface area is 194 Å². The molecule has 1 N–H and O–H groups in total. The fourth-order valence-electron chi connectivity index (χ4n) is 3.02. The third-order valence-corrected chi connectivity index (χ3v) is 8.49. The Hall–Kier alpha value is -2.79. The number of benzene rings is 2. The van der Waals surface area contributed by atoms with Crippen molar-refractivity contribution in [1.82, 2.24) is 14.3 Å². The Kier molecular flexibility index (Phi) is 6.85. The van der Waals surface area contributed by atoms with E-state index in [4.69, 9.17) is 0 Å². The van der Waals surface area contributed by atoms with Crippen molar-refractivity contribution in [3.63, 3.8) is 0 Å². The number of thiophene rings is 1. The minimum Gasteiger partial charge on any atom is -0.325 e. The zero-order valence-corrected chi connectivity index (χ0v) is 19.6. The summed E-state index contributed by atoms with van der Waals surface area (Å²) in [6.45, 7) is 0.277. The third kappa shape index (κ3) is 5.16. The number of carbonyl (C=O) groups excluding carboxylic acids is 1. The molecule has 2 aromatic heterocycles. The van der Waals surface area contributed by atoms with Gasteiger partial charge in [-0.2, -0.15) is 4.31 Å². The smallest absolute Gasteiger partial charge is 0.243 e. The summed E-state index contributed by atoms with van der Waals surface area (Å²) in [5.74, 6) is -0.0146. The van der Waals surface area contributed by atoms with E-state index in [-0.39, 0.29) is 23.1 Å². The summed E-state index contributed by atoms with van der Waals surface area (Å²) in [4.78, 5) is 21.0. The highest BCUT2D eigenvalue weighted by atomic mass is 32.2. The number of fused-ring (bicyclic) bond motifs is 1. The number of thioether (sulfide) groups is 1. The summed E-state index contributed by atoms with van der Waals surface area (Å²) in [5.41, 5.74) is 2.30. The van der Waals surface area contributed by atoms with Crippen molar-refractivity contribution in [2.24, 2.45) is 0 Å². The first-order chi connectivity index (χ1) is 15.4. The van der Waals surface area contributed by atoms with Gasteiger partial charge in [0.05, 0.1) is 20.9 Å². The average Bonchev–Trinajstić information content (AvgIpc) is 3.28. The lowest BCUT2D eigenvalue weighted by Gasteiger charge is -2.17. The molecule has 2 aromatic carbocycles. The number of nitrogens with zero attached hydrogens (tertiary/aromatic N) is 3. The molecule has 32 heavy (non-hydrogen) atoms. The molecule has 4 rings (SSSR count). The molecular weight excluding hydrogens is 464 g/mol. The number of aromatic nitrogens is 2. The maximum atomic E-state index is 12.8. The number of hydrogen-bond donors (Lipinski definition) is 1. The molecule has 7 nitrogen and oxygen atoms in total. The summed E-state index contributed by atoms with van der Waals surface area (Å²) in [6.07, 6.45) is 1.49. The van der Waals surface area contributed by atoms with Crippen molar-refractivity contribution in [2.45, 2.75) is 16.5 Å². The summed E-state index contributed by atoms with van der Waals surface area (Å²) < 4.78 is 27.9. The number of hydrogen-bond acceptors (Lipinski definition) is 7. The predicted octanol–water partition coefficient (Wildman–Crippen LogP) is 4.24. The molecule has 0 radical (unpaired) electrons. The molecule has 0 bridgehead atoms. The summed E-state index contributed by atoms with van der Waals surface area (Å²) in [7, 11) is -2.09. The van der Waals surface area contributed by atoms with Gasteiger partial charge in [0.25, 0.3) is 0 Å². The molecule has 0 aliphatic carbocycles. The van der Waals surface area contributed by atoms with Crippen molar-refractivity contribution in [2.75, 3.05) is 18.1 Å². The van der Waals surface area contributed by atoms with Gasteiger partial charge in [-0.25, -0.2) is 18.4 Å². The molecule has 164 valence electrons. The number of rotatable bonds is 8. The predicted molar refractivity (Wildman–Crippen MR) is 128 cm³/mol. The third-order valence-electron chi connectivity index (χ3n) is 4.64. The largest absolute Gasteiger partial charge is 0.325 e. The van der Waals surface area contributed by atoms with Crippen LogP contribution in [0.5, 0.6) is 0 Å². The van der Waals surface area contributed by atoms with Crippen molar-refractivity contribution in [3.05, 3.63) is 77.9 Å². The lowest BCUT2D eigenvalue weighted by atomic mass is 10.2. The molecule has 0 aliphatic rings. The zero-order chi connectivity index (χ0) is 22.6. The normalized spacial score (nSPS) is 11.7. The summed E-state index contributed by atoms with van der Waals surface area (Å²) in [6, 6.07) is 17.5. The van der Waals surface area contributed by atoms with Gasteiger partial charge in [0.1, 0.15) is 11.4 Å². The highest BCUT2D eigenvalue weighted by Crippen LogP contribution is 2.28. The molecule has 10 heteroatoms. The summed E-state index contributed by atoms with van der Waals surface area (Å²) in [5, 5.41) is 5.50. The first kappa shape index (κ1) is 22.4. The van der Waals surface area contributed by atoms with E-state index < -0.39 is 10.0 Å². The highest BCUT2D eigenvalue weighted by Gasteiger charge is 2.21. The van der Waals surface area contributed by atoms with E-state index in [0.717, 1.165) is 20.8 Å². The Morgan fingerprint density at radius 1 is 1.06 bits per heavy atom. The van der Waals surface area contributed by atoms with Gasteiger partial charge >= 0.3 is 0 Å². The number of anilines is 1. The molecule has 0 spiro atoms. The van der Waals surface area contributed by atoms with E-state index in [1.165, 1.54) is 45.9 Å². The van der Waals surface area contributed by atoms with Crippen LogP contribution in [0.4, 0.5) is 5.69 Å². The number of sulfonamides is 1. The van der Waals surface area contributed by atoms with Gasteiger partial charge in [0.15, 0.2) is 0 Å². The van der Waals surface area contributed by atoms with Crippen LogP contribution in [0, 0.1) is 0 Å². The molecule has 1 amide bonds. The molecule has 0 saturated heterocycles.